The lowest BCUT2D eigenvalue weighted by atomic mass is 10.2. The van der Waals surface area contributed by atoms with Crippen molar-refractivity contribution in [3.63, 3.8) is 0 Å². The highest BCUT2D eigenvalue weighted by atomic mass is 35.5. The maximum atomic E-state index is 13.9. The van der Waals surface area contributed by atoms with Gasteiger partial charge in [0.15, 0.2) is 5.76 Å². The molecule has 7 heteroatoms. The van der Waals surface area contributed by atoms with Crippen LogP contribution in [0.1, 0.15) is 16.1 Å². The van der Waals surface area contributed by atoms with E-state index in [0.29, 0.717) is 22.1 Å². The van der Waals surface area contributed by atoms with Crippen LogP contribution in [-0.2, 0) is 6.54 Å². The molecule has 2 heterocycles. The molecule has 0 spiro atoms. The van der Waals surface area contributed by atoms with Gasteiger partial charge in [-0.25, -0.2) is 9.37 Å². The molecular formula is C17H13ClFN3O2. The molecule has 0 aliphatic heterocycles. The van der Waals surface area contributed by atoms with Gasteiger partial charge in [-0.2, -0.15) is 0 Å². The minimum absolute atomic E-state index is 0.185. The van der Waals surface area contributed by atoms with Crippen LogP contribution in [0.5, 0.6) is 0 Å². The summed E-state index contributed by atoms with van der Waals surface area (Å²) in [5, 5.41) is 6.18. The minimum atomic E-state index is -0.398. The van der Waals surface area contributed by atoms with Gasteiger partial charge < -0.3 is 15.1 Å². The van der Waals surface area contributed by atoms with Crippen molar-refractivity contribution in [2.45, 2.75) is 6.54 Å². The van der Waals surface area contributed by atoms with Gasteiger partial charge >= 0.3 is 0 Å². The average Bonchev–Trinajstić information content (AvgIpc) is 3.11. The third kappa shape index (κ3) is 3.91. The van der Waals surface area contributed by atoms with Crippen molar-refractivity contribution in [3.05, 3.63) is 77.1 Å². The van der Waals surface area contributed by atoms with Crippen LogP contribution in [0.25, 0.3) is 0 Å². The molecule has 24 heavy (non-hydrogen) atoms. The van der Waals surface area contributed by atoms with Gasteiger partial charge in [-0.3, -0.25) is 4.79 Å². The number of amides is 1. The van der Waals surface area contributed by atoms with Gasteiger partial charge in [0.25, 0.3) is 5.91 Å². The van der Waals surface area contributed by atoms with E-state index in [-0.39, 0.29) is 18.1 Å². The summed E-state index contributed by atoms with van der Waals surface area (Å²) in [4.78, 5) is 16.0. The zero-order chi connectivity index (χ0) is 16.9. The SMILES string of the molecule is O=C(Nc1ccc(F)c(CNc2ccc(Cl)cn2)c1)c1ccco1. The molecule has 122 valence electrons. The van der Waals surface area contributed by atoms with E-state index in [1.54, 1.807) is 30.3 Å². The first-order chi connectivity index (χ1) is 11.6. The first-order valence-corrected chi connectivity index (χ1v) is 7.48. The average molecular weight is 346 g/mol. The van der Waals surface area contributed by atoms with Crippen molar-refractivity contribution in [3.8, 4) is 0 Å². The van der Waals surface area contributed by atoms with Gasteiger partial charge in [0.05, 0.1) is 11.3 Å². The van der Waals surface area contributed by atoms with Crippen molar-refractivity contribution in [1.29, 1.82) is 0 Å². The van der Waals surface area contributed by atoms with Crippen molar-refractivity contribution in [2.24, 2.45) is 0 Å². The Morgan fingerprint density at radius 1 is 1.25 bits per heavy atom. The molecule has 0 saturated carbocycles. The largest absolute Gasteiger partial charge is 0.459 e. The summed E-state index contributed by atoms with van der Waals surface area (Å²) in [5.41, 5.74) is 0.864. The number of carbonyl (C=O) groups is 1. The van der Waals surface area contributed by atoms with Crippen molar-refractivity contribution < 1.29 is 13.6 Å². The molecule has 1 amide bonds. The second kappa shape index (κ2) is 7.14. The Balaban J connectivity index is 1.69. The monoisotopic (exact) mass is 345 g/mol. The van der Waals surface area contributed by atoms with Crippen LogP contribution in [0.3, 0.4) is 0 Å². The lowest BCUT2D eigenvalue weighted by Crippen LogP contribution is -2.12. The predicted molar refractivity (Wildman–Crippen MR) is 89.6 cm³/mol. The van der Waals surface area contributed by atoms with Crippen LogP contribution in [-0.4, -0.2) is 10.9 Å². The number of anilines is 2. The van der Waals surface area contributed by atoms with Gasteiger partial charge in [0, 0.05) is 24.0 Å². The van der Waals surface area contributed by atoms with Gasteiger partial charge in [-0.1, -0.05) is 11.6 Å². The molecule has 0 radical (unpaired) electrons. The first kappa shape index (κ1) is 16.0. The number of furan rings is 1. The number of hydrogen-bond acceptors (Lipinski definition) is 4. The molecule has 3 rings (SSSR count). The number of rotatable bonds is 5. The van der Waals surface area contributed by atoms with Crippen molar-refractivity contribution >= 4 is 29.0 Å². The Labute approximate surface area is 142 Å². The maximum Gasteiger partial charge on any atom is 0.291 e. The van der Waals surface area contributed by atoms with Crippen LogP contribution < -0.4 is 10.6 Å². The molecule has 2 aromatic heterocycles. The van der Waals surface area contributed by atoms with Crippen LogP contribution in [0.15, 0.2) is 59.3 Å². The summed E-state index contributed by atoms with van der Waals surface area (Å²) in [6.07, 6.45) is 2.91. The maximum absolute atomic E-state index is 13.9. The third-order valence-corrected chi connectivity index (χ3v) is 3.46. The standard InChI is InChI=1S/C17H13ClFN3O2/c18-12-3-6-16(21-10-12)20-9-11-8-13(4-5-14(11)19)22-17(23)15-2-1-7-24-15/h1-8,10H,9H2,(H,20,21)(H,22,23). The van der Waals surface area contributed by atoms with Gasteiger partial charge in [0.1, 0.15) is 11.6 Å². The zero-order valence-corrected chi connectivity index (χ0v) is 13.2. The number of benzene rings is 1. The number of aromatic nitrogens is 1. The highest BCUT2D eigenvalue weighted by molar-refractivity contribution is 6.30. The van der Waals surface area contributed by atoms with Crippen LogP contribution in [0.4, 0.5) is 15.9 Å². The van der Waals surface area contributed by atoms with Crippen molar-refractivity contribution in [1.82, 2.24) is 4.98 Å². The Morgan fingerprint density at radius 2 is 2.12 bits per heavy atom. The highest BCUT2D eigenvalue weighted by Crippen LogP contribution is 2.18. The molecule has 0 saturated heterocycles. The van der Waals surface area contributed by atoms with E-state index >= 15 is 0 Å². The van der Waals surface area contributed by atoms with Crippen molar-refractivity contribution in [2.75, 3.05) is 10.6 Å². The van der Waals surface area contributed by atoms with Gasteiger partial charge in [-0.15, -0.1) is 0 Å². The Bertz CT molecular complexity index is 836. The summed E-state index contributed by atoms with van der Waals surface area (Å²) in [5.74, 6) is -0.0227. The topological polar surface area (TPSA) is 67.2 Å². The first-order valence-electron chi connectivity index (χ1n) is 7.10. The molecule has 3 aromatic rings. The Morgan fingerprint density at radius 3 is 2.83 bits per heavy atom. The summed E-state index contributed by atoms with van der Waals surface area (Å²) in [6, 6.07) is 10.9. The van der Waals surface area contributed by atoms with Gasteiger partial charge in [-0.05, 0) is 42.5 Å². The molecule has 2 N–H and O–H groups in total. The normalized spacial score (nSPS) is 10.4. The predicted octanol–water partition coefficient (Wildman–Crippen LogP) is 4.33. The van der Waals surface area contributed by atoms with E-state index in [4.69, 9.17) is 16.0 Å². The number of hydrogen-bond donors (Lipinski definition) is 2. The molecule has 0 aliphatic rings. The van der Waals surface area contributed by atoms with E-state index in [9.17, 15) is 9.18 Å². The zero-order valence-electron chi connectivity index (χ0n) is 12.4. The lowest BCUT2D eigenvalue weighted by Gasteiger charge is -2.09. The van der Waals surface area contributed by atoms with E-state index < -0.39 is 5.91 Å². The smallest absolute Gasteiger partial charge is 0.291 e. The number of pyridine rings is 1. The molecule has 0 unspecified atom stereocenters. The van der Waals surface area contributed by atoms with E-state index in [1.165, 1.54) is 24.6 Å². The summed E-state index contributed by atoms with van der Waals surface area (Å²) in [6.45, 7) is 0.213. The molecule has 0 aliphatic carbocycles. The second-order valence-corrected chi connectivity index (χ2v) is 5.39. The van der Waals surface area contributed by atoms with Gasteiger partial charge in [0.2, 0.25) is 0 Å². The second-order valence-electron chi connectivity index (χ2n) is 4.95. The summed E-state index contributed by atoms with van der Waals surface area (Å²) < 4.78 is 19.0. The van der Waals surface area contributed by atoms with E-state index in [0.717, 1.165) is 0 Å². The molecule has 0 bridgehead atoms. The third-order valence-electron chi connectivity index (χ3n) is 3.24. The number of nitrogens with one attached hydrogen (secondary N) is 2. The minimum Gasteiger partial charge on any atom is -0.459 e. The number of halogens is 2. The summed E-state index contributed by atoms with van der Waals surface area (Å²) >= 11 is 5.77. The van der Waals surface area contributed by atoms with E-state index in [1.807, 2.05) is 0 Å². The molecule has 0 atom stereocenters. The fraction of sp³-hybridized carbons (Fsp3) is 0.0588. The van der Waals surface area contributed by atoms with Crippen LogP contribution in [0, 0.1) is 5.82 Å². The van der Waals surface area contributed by atoms with Crippen LogP contribution >= 0.6 is 11.6 Å². The molecule has 0 fully saturated rings. The quantitative estimate of drug-likeness (QED) is 0.722. The Hall–Kier alpha value is -2.86. The van der Waals surface area contributed by atoms with E-state index in [2.05, 4.69) is 15.6 Å². The lowest BCUT2D eigenvalue weighted by molar-refractivity contribution is 0.0996. The fourth-order valence-electron chi connectivity index (χ4n) is 2.05. The Kier molecular flexibility index (Phi) is 4.77. The van der Waals surface area contributed by atoms with Crippen LogP contribution in [0.2, 0.25) is 5.02 Å². The number of nitrogens with zero attached hydrogens (tertiary/aromatic N) is 1. The highest BCUT2D eigenvalue weighted by Gasteiger charge is 2.10. The fourth-order valence-corrected chi connectivity index (χ4v) is 2.17. The molecule has 5 nitrogen and oxygen atoms in total. The number of carbonyl (C=O) groups excluding carboxylic acids is 1. The molecule has 1 aromatic carbocycles. The summed E-state index contributed by atoms with van der Waals surface area (Å²) in [7, 11) is 0. The molecular weight excluding hydrogens is 333 g/mol.